The van der Waals surface area contributed by atoms with Gasteiger partial charge in [0, 0.05) is 29.9 Å². The maximum Gasteiger partial charge on any atom is 0.234 e. The Hall–Kier alpha value is -2.00. The Morgan fingerprint density at radius 2 is 1.85 bits per heavy atom. The highest BCUT2D eigenvalue weighted by atomic mass is 32.2. The van der Waals surface area contributed by atoms with Crippen LogP contribution in [0, 0.1) is 0 Å². The number of aromatic nitrogens is 2. The van der Waals surface area contributed by atoms with Gasteiger partial charge in [-0.15, -0.1) is 10.2 Å². The lowest BCUT2D eigenvalue weighted by molar-refractivity contribution is -0.113. The van der Waals surface area contributed by atoms with Crippen LogP contribution < -0.4 is 20.1 Å². The molecule has 0 aliphatic heterocycles. The monoisotopic (exact) mass is 408 g/mol. The molecule has 1 fully saturated rings. The Bertz CT molecular complexity index is 741. The second kappa shape index (κ2) is 9.80. The van der Waals surface area contributed by atoms with Gasteiger partial charge >= 0.3 is 0 Å². The average Bonchev–Trinajstić information content (AvgIpc) is 3.14. The number of carbonyl (C=O) groups excluding carboxylic acids is 1. The number of methoxy groups -OCH3 is 2. The van der Waals surface area contributed by atoms with E-state index in [0.717, 1.165) is 9.47 Å². The van der Waals surface area contributed by atoms with Crippen molar-refractivity contribution in [3.8, 4) is 11.5 Å². The van der Waals surface area contributed by atoms with Crippen LogP contribution >= 0.6 is 23.1 Å². The van der Waals surface area contributed by atoms with Gasteiger partial charge < -0.3 is 20.1 Å². The van der Waals surface area contributed by atoms with E-state index in [1.165, 1.54) is 55.2 Å². The zero-order valence-electron chi connectivity index (χ0n) is 15.5. The predicted octanol–water partition coefficient (Wildman–Crippen LogP) is 4.03. The molecule has 1 amide bonds. The molecule has 0 radical (unpaired) electrons. The third-order valence-corrected chi connectivity index (χ3v) is 6.29. The molecule has 1 aliphatic carbocycles. The number of nitrogens with one attached hydrogen (secondary N) is 2. The number of amides is 1. The van der Waals surface area contributed by atoms with Crippen molar-refractivity contribution in [3.63, 3.8) is 0 Å². The summed E-state index contributed by atoms with van der Waals surface area (Å²) in [5, 5.41) is 15.5. The molecule has 1 aromatic heterocycles. The molecule has 27 heavy (non-hydrogen) atoms. The first-order chi connectivity index (χ1) is 13.2. The van der Waals surface area contributed by atoms with Crippen LogP contribution in [0.5, 0.6) is 11.5 Å². The van der Waals surface area contributed by atoms with E-state index in [9.17, 15) is 4.79 Å². The second-order valence-electron chi connectivity index (χ2n) is 6.29. The molecule has 0 atom stereocenters. The molecular formula is C18H24N4O3S2. The third kappa shape index (κ3) is 6.00. The Balaban J connectivity index is 1.49. The van der Waals surface area contributed by atoms with Crippen molar-refractivity contribution in [1.29, 1.82) is 0 Å². The molecule has 0 bridgehead atoms. The molecule has 7 nitrogen and oxygen atoms in total. The first-order valence-corrected chi connectivity index (χ1v) is 10.7. The molecule has 0 spiro atoms. The lowest BCUT2D eigenvalue weighted by atomic mass is 9.96. The normalized spacial score (nSPS) is 14.6. The Kier molecular flexibility index (Phi) is 7.17. The summed E-state index contributed by atoms with van der Waals surface area (Å²) in [6.07, 6.45) is 6.24. The number of rotatable bonds is 8. The first kappa shape index (κ1) is 19.8. The zero-order chi connectivity index (χ0) is 19.1. The van der Waals surface area contributed by atoms with Crippen molar-refractivity contribution in [1.82, 2.24) is 10.2 Å². The third-order valence-electron chi connectivity index (χ3n) is 4.30. The van der Waals surface area contributed by atoms with Gasteiger partial charge in [0.05, 0.1) is 20.0 Å². The van der Waals surface area contributed by atoms with Crippen molar-refractivity contribution in [2.45, 2.75) is 42.5 Å². The largest absolute Gasteiger partial charge is 0.497 e. The summed E-state index contributed by atoms with van der Waals surface area (Å²) in [5.74, 6) is 1.39. The number of benzene rings is 1. The van der Waals surface area contributed by atoms with Gasteiger partial charge in [0.15, 0.2) is 4.34 Å². The molecule has 3 rings (SSSR count). The van der Waals surface area contributed by atoms with Crippen LogP contribution in [0.2, 0.25) is 0 Å². The van der Waals surface area contributed by atoms with Crippen molar-refractivity contribution < 1.29 is 14.3 Å². The van der Waals surface area contributed by atoms with Crippen LogP contribution in [0.15, 0.2) is 22.5 Å². The van der Waals surface area contributed by atoms with Crippen molar-refractivity contribution in [3.05, 3.63) is 18.2 Å². The van der Waals surface area contributed by atoms with E-state index in [1.54, 1.807) is 32.4 Å². The Morgan fingerprint density at radius 3 is 2.52 bits per heavy atom. The summed E-state index contributed by atoms with van der Waals surface area (Å²) < 4.78 is 11.2. The van der Waals surface area contributed by atoms with E-state index >= 15 is 0 Å². The van der Waals surface area contributed by atoms with E-state index in [2.05, 4.69) is 20.8 Å². The topological polar surface area (TPSA) is 85.4 Å². The van der Waals surface area contributed by atoms with Crippen molar-refractivity contribution in [2.75, 3.05) is 30.6 Å². The van der Waals surface area contributed by atoms with E-state index in [1.807, 2.05) is 0 Å². The number of hydrogen-bond donors (Lipinski definition) is 2. The lowest BCUT2D eigenvalue weighted by Gasteiger charge is -2.21. The first-order valence-electron chi connectivity index (χ1n) is 8.92. The van der Waals surface area contributed by atoms with E-state index < -0.39 is 0 Å². The van der Waals surface area contributed by atoms with Crippen molar-refractivity contribution in [2.24, 2.45) is 0 Å². The SMILES string of the molecule is COc1cc(NC(=O)CSc2nnc(NC3CCCCC3)s2)cc(OC)c1. The van der Waals surface area contributed by atoms with Crippen LogP contribution in [-0.4, -0.2) is 42.1 Å². The highest BCUT2D eigenvalue weighted by Crippen LogP contribution is 2.29. The maximum atomic E-state index is 12.2. The van der Waals surface area contributed by atoms with Crippen LogP contribution in [0.4, 0.5) is 10.8 Å². The molecule has 1 heterocycles. The molecule has 0 saturated heterocycles. The van der Waals surface area contributed by atoms with Gasteiger partial charge in [-0.1, -0.05) is 42.4 Å². The standard InChI is InChI=1S/C18H24N4O3S2/c1-24-14-8-13(9-15(10-14)25-2)19-16(23)11-26-18-22-21-17(27-18)20-12-6-4-3-5-7-12/h8-10,12H,3-7,11H2,1-2H3,(H,19,23)(H,20,21). The molecule has 2 aromatic rings. The summed E-state index contributed by atoms with van der Waals surface area (Å²) in [6, 6.07) is 5.76. The van der Waals surface area contributed by atoms with Gasteiger partial charge in [-0.25, -0.2) is 0 Å². The smallest absolute Gasteiger partial charge is 0.234 e. The van der Waals surface area contributed by atoms with Crippen LogP contribution in [0.3, 0.4) is 0 Å². The summed E-state index contributed by atoms with van der Waals surface area (Å²) in [7, 11) is 3.15. The van der Waals surface area contributed by atoms with E-state index in [4.69, 9.17) is 9.47 Å². The van der Waals surface area contributed by atoms with E-state index in [-0.39, 0.29) is 11.7 Å². The van der Waals surface area contributed by atoms with Gasteiger partial charge in [0.25, 0.3) is 0 Å². The number of nitrogens with zero attached hydrogens (tertiary/aromatic N) is 2. The van der Waals surface area contributed by atoms with E-state index in [0.29, 0.717) is 23.2 Å². The molecule has 1 saturated carbocycles. The number of carbonyl (C=O) groups is 1. The summed E-state index contributed by atoms with van der Waals surface area (Å²) in [6.45, 7) is 0. The minimum absolute atomic E-state index is 0.118. The highest BCUT2D eigenvalue weighted by Gasteiger charge is 2.16. The molecule has 146 valence electrons. The fourth-order valence-corrected chi connectivity index (χ4v) is 4.58. The quantitative estimate of drug-likeness (QED) is 0.638. The zero-order valence-corrected chi connectivity index (χ0v) is 17.1. The maximum absolute atomic E-state index is 12.2. The number of anilines is 2. The molecular weight excluding hydrogens is 384 g/mol. The van der Waals surface area contributed by atoms with Crippen LogP contribution in [0.1, 0.15) is 32.1 Å². The molecule has 9 heteroatoms. The summed E-state index contributed by atoms with van der Waals surface area (Å²) in [4.78, 5) is 12.2. The molecule has 1 aliphatic rings. The lowest BCUT2D eigenvalue weighted by Crippen LogP contribution is -2.21. The number of ether oxygens (including phenoxy) is 2. The minimum atomic E-state index is -0.118. The Morgan fingerprint density at radius 1 is 1.15 bits per heavy atom. The second-order valence-corrected chi connectivity index (χ2v) is 8.49. The molecule has 0 unspecified atom stereocenters. The van der Waals surface area contributed by atoms with Gasteiger partial charge in [0.1, 0.15) is 11.5 Å². The number of thioether (sulfide) groups is 1. The predicted molar refractivity (Wildman–Crippen MR) is 109 cm³/mol. The van der Waals surface area contributed by atoms with Gasteiger partial charge in [-0.2, -0.15) is 0 Å². The number of hydrogen-bond acceptors (Lipinski definition) is 8. The van der Waals surface area contributed by atoms with Crippen LogP contribution in [0.25, 0.3) is 0 Å². The van der Waals surface area contributed by atoms with Crippen LogP contribution in [-0.2, 0) is 4.79 Å². The fourth-order valence-electron chi connectivity index (χ4n) is 2.95. The minimum Gasteiger partial charge on any atom is -0.497 e. The summed E-state index contributed by atoms with van der Waals surface area (Å²) >= 11 is 2.88. The van der Waals surface area contributed by atoms with Crippen molar-refractivity contribution >= 4 is 39.8 Å². The Labute approximate surface area is 167 Å². The fraction of sp³-hybridized carbons (Fsp3) is 0.500. The highest BCUT2D eigenvalue weighted by molar-refractivity contribution is 8.01. The van der Waals surface area contributed by atoms with Gasteiger partial charge in [-0.05, 0) is 12.8 Å². The van der Waals surface area contributed by atoms with Gasteiger partial charge in [-0.3, -0.25) is 4.79 Å². The molecule has 2 N–H and O–H groups in total. The molecule has 1 aromatic carbocycles. The average molecular weight is 409 g/mol. The van der Waals surface area contributed by atoms with Gasteiger partial charge in [0.2, 0.25) is 11.0 Å². The summed E-state index contributed by atoms with van der Waals surface area (Å²) in [5.41, 5.74) is 0.633.